The number of pyridine rings is 1. The number of nitrogens with zero attached hydrogens (tertiary/aromatic N) is 3. The van der Waals surface area contributed by atoms with Crippen LogP contribution in [-0.4, -0.2) is 33.9 Å². The first-order valence-electron chi connectivity index (χ1n) is 10.8. The van der Waals surface area contributed by atoms with Gasteiger partial charge in [-0.15, -0.1) is 0 Å². The summed E-state index contributed by atoms with van der Waals surface area (Å²) in [6.07, 6.45) is 3.23. The Labute approximate surface area is 191 Å². The molecule has 7 heteroatoms. The van der Waals surface area contributed by atoms with Crippen LogP contribution in [0.1, 0.15) is 22.4 Å². The number of nitrogens with one attached hydrogen (secondary N) is 1. The van der Waals surface area contributed by atoms with Crippen LogP contribution in [0.3, 0.4) is 0 Å². The van der Waals surface area contributed by atoms with E-state index >= 15 is 0 Å². The first kappa shape index (κ1) is 20.8. The minimum absolute atomic E-state index is 0.264. The van der Waals surface area contributed by atoms with Crippen LogP contribution in [0.15, 0.2) is 54.6 Å². The van der Waals surface area contributed by atoms with E-state index in [0.717, 1.165) is 39.0 Å². The average molecular weight is 441 g/mol. The molecule has 0 saturated heterocycles. The van der Waals surface area contributed by atoms with Crippen molar-refractivity contribution in [2.75, 3.05) is 18.5 Å². The van der Waals surface area contributed by atoms with Crippen LogP contribution in [0.4, 0.5) is 5.82 Å². The molecule has 33 heavy (non-hydrogen) atoms. The van der Waals surface area contributed by atoms with Gasteiger partial charge in [-0.1, -0.05) is 24.3 Å². The molecule has 0 atom stereocenters. The van der Waals surface area contributed by atoms with Gasteiger partial charge >= 0.3 is 0 Å². The van der Waals surface area contributed by atoms with Crippen LogP contribution < -0.4 is 14.8 Å². The van der Waals surface area contributed by atoms with E-state index in [4.69, 9.17) is 14.5 Å². The third-order valence-corrected chi connectivity index (χ3v) is 5.53. The van der Waals surface area contributed by atoms with Gasteiger partial charge in [-0.2, -0.15) is 9.78 Å². The molecule has 0 saturated carbocycles. The first-order valence-corrected chi connectivity index (χ1v) is 10.8. The van der Waals surface area contributed by atoms with Crippen LogP contribution in [0.2, 0.25) is 0 Å². The van der Waals surface area contributed by atoms with Crippen LogP contribution in [0, 0.1) is 20.8 Å². The second-order valence-corrected chi connectivity index (χ2v) is 8.08. The molecule has 0 radical (unpaired) electrons. The summed E-state index contributed by atoms with van der Waals surface area (Å²) in [5.74, 6) is 2.36. The maximum absolute atomic E-state index is 12.7. The zero-order valence-corrected chi connectivity index (χ0v) is 18.8. The third kappa shape index (κ3) is 4.17. The predicted molar refractivity (Wildman–Crippen MR) is 128 cm³/mol. The number of aryl methyl sites for hydroxylation is 3. The van der Waals surface area contributed by atoms with E-state index in [1.54, 1.807) is 10.8 Å². The number of amides is 1. The molecule has 0 aliphatic carbocycles. The second-order valence-electron chi connectivity index (χ2n) is 8.08. The van der Waals surface area contributed by atoms with Crippen LogP contribution >= 0.6 is 0 Å². The normalized spacial score (nSPS) is 12.9. The van der Waals surface area contributed by atoms with E-state index in [2.05, 4.69) is 23.4 Å². The van der Waals surface area contributed by atoms with Crippen molar-refractivity contribution >= 4 is 28.7 Å². The summed E-state index contributed by atoms with van der Waals surface area (Å²) in [6, 6.07) is 15.5. The van der Waals surface area contributed by atoms with Crippen molar-refractivity contribution in [3.8, 4) is 17.3 Å². The van der Waals surface area contributed by atoms with Gasteiger partial charge in [0, 0.05) is 17.5 Å². The van der Waals surface area contributed by atoms with Crippen molar-refractivity contribution in [1.29, 1.82) is 0 Å². The topological polar surface area (TPSA) is 78.3 Å². The van der Waals surface area contributed by atoms with Gasteiger partial charge in [0.25, 0.3) is 0 Å². The highest BCUT2D eigenvalue weighted by molar-refractivity contribution is 6.01. The number of benzene rings is 2. The largest absolute Gasteiger partial charge is 0.486 e. The smallest absolute Gasteiger partial charge is 0.249 e. The maximum Gasteiger partial charge on any atom is 0.249 e. The molecule has 3 heterocycles. The lowest BCUT2D eigenvalue weighted by Crippen LogP contribution is -2.15. The van der Waals surface area contributed by atoms with Crippen molar-refractivity contribution in [3.63, 3.8) is 0 Å². The van der Waals surface area contributed by atoms with Gasteiger partial charge < -0.3 is 14.8 Å². The highest BCUT2D eigenvalue weighted by Crippen LogP contribution is 2.31. The fourth-order valence-electron chi connectivity index (χ4n) is 3.92. The minimum Gasteiger partial charge on any atom is -0.486 e. The highest BCUT2D eigenvalue weighted by Gasteiger charge is 2.14. The van der Waals surface area contributed by atoms with E-state index < -0.39 is 0 Å². The Morgan fingerprint density at radius 2 is 1.82 bits per heavy atom. The van der Waals surface area contributed by atoms with Crippen LogP contribution in [-0.2, 0) is 4.79 Å². The van der Waals surface area contributed by atoms with Crippen molar-refractivity contribution in [1.82, 2.24) is 14.8 Å². The van der Waals surface area contributed by atoms with Crippen LogP contribution in [0.5, 0.6) is 11.5 Å². The second kappa shape index (κ2) is 8.43. The summed E-state index contributed by atoms with van der Waals surface area (Å²) >= 11 is 0. The zero-order chi connectivity index (χ0) is 22.9. The molecule has 1 amide bonds. The van der Waals surface area contributed by atoms with E-state index in [-0.39, 0.29) is 5.91 Å². The van der Waals surface area contributed by atoms with Crippen LogP contribution in [0.25, 0.3) is 22.8 Å². The number of carbonyl (C=O) groups is 1. The van der Waals surface area contributed by atoms with Gasteiger partial charge in [-0.25, -0.2) is 4.98 Å². The average Bonchev–Trinajstić information content (AvgIpc) is 3.18. The number of ether oxygens (including phenoxy) is 2. The highest BCUT2D eigenvalue weighted by atomic mass is 16.6. The molecule has 4 aromatic rings. The van der Waals surface area contributed by atoms with Gasteiger partial charge in [0.05, 0.1) is 11.2 Å². The quantitative estimate of drug-likeness (QED) is 0.463. The van der Waals surface area contributed by atoms with Gasteiger partial charge in [-0.3, -0.25) is 4.79 Å². The minimum atomic E-state index is -0.264. The number of aromatic nitrogens is 3. The zero-order valence-electron chi connectivity index (χ0n) is 18.8. The molecular weight excluding hydrogens is 416 g/mol. The fraction of sp³-hybridized carbons (Fsp3) is 0.192. The van der Waals surface area contributed by atoms with Gasteiger partial charge in [0.1, 0.15) is 19.0 Å². The summed E-state index contributed by atoms with van der Waals surface area (Å²) in [5, 5.41) is 8.59. The van der Waals surface area contributed by atoms with Gasteiger partial charge in [0.15, 0.2) is 17.3 Å². The van der Waals surface area contributed by atoms with E-state index in [1.807, 2.05) is 56.3 Å². The number of anilines is 1. The van der Waals surface area contributed by atoms with Gasteiger partial charge in [-0.05, 0) is 61.7 Å². The molecule has 5 rings (SSSR count). The molecule has 2 aromatic carbocycles. The van der Waals surface area contributed by atoms with E-state index in [9.17, 15) is 4.79 Å². The van der Waals surface area contributed by atoms with E-state index in [0.29, 0.717) is 30.6 Å². The molecule has 0 unspecified atom stereocenters. The summed E-state index contributed by atoms with van der Waals surface area (Å²) in [5.41, 5.74) is 4.75. The van der Waals surface area contributed by atoms with Crippen molar-refractivity contribution < 1.29 is 14.3 Å². The Hall–Kier alpha value is -4.13. The summed E-state index contributed by atoms with van der Waals surface area (Å²) in [6.45, 7) is 7.04. The Bertz CT molecular complexity index is 1400. The first-order chi connectivity index (χ1) is 16.0. The Kier molecular flexibility index (Phi) is 5.30. The number of rotatable bonds is 4. The number of fused-ring (bicyclic) bond motifs is 2. The number of hydrogen-bond acceptors (Lipinski definition) is 5. The third-order valence-electron chi connectivity index (χ3n) is 5.53. The molecule has 0 bridgehead atoms. The lowest BCUT2D eigenvalue weighted by atomic mass is 10.1. The molecule has 0 fully saturated rings. The maximum atomic E-state index is 12.7. The van der Waals surface area contributed by atoms with Crippen molar-refractivity contribution in [3.05, 3.63) is 77.0 Å². The van der Waals surface area contributed by atoms with Crippen molar-refractivity contribution in [2.45, 2.75) is 20.8 Å². The monoisotopic (exact) mass is 440 g/mol. The number of hydrogen-bond donors (Lipinski definition) is 1. The lowest BCUT2D eigenvalue weighted by Gasteiger charge is -2.18. The molecule has 166 valence electrons. The van der Waals surface area contributed by atoms with E-state index in [1.165, 1.54) is 6.08 Å². The Balaban J connectivity index is 1.40. The summed E-state index contributed by atoms with van der Waals surface area (Å²) in [7, 11) is 0. The molecule has 2 aromatic heterocycles. The predicted octanol–water partition coefficient (Wildman–Crippen LogP) is 4.77. The van der Waals surface area contributed by atoms with Crippen molar-refractivity contribution in [2.24, 2.45) is 0 Å². The molecular formula is C26H24N4O3. The standard InChI is InChI=1S/C26H24N4O3/c1-16-5-4-6-20-17(2)13-23(28-26(16)20)30-24(14-18(3)29-30)27-25(31)10-8-19-7-9-21-22(15-19)33-12-11-32-21/h4-10,13-15H,11-12H2,1-3H3,(H,27,31)/b10-8-. The van der Waals surface area contributed by atoms with Gasteiger partial charge in [0.2, 0.25) is 5.91 Å². The molecule has 1 aliphatic rings. The number of carbonyl (C=O) groups excluding carboxylic acids is 1. The fourth-order valence-corrected chi connectivity index (χ4v) is 3.92. The number of para-hydroxylation sites is 1. The summed E-state index contributed by atoms with van der Waals surface area (Å²) < 4.78 is 12.8. The molecule has 1 aliphatic heterocycles. The lowest BCUT2D eigenvalue weighted by molar-refractivity contribution is -0.111. The Morgan fingerprint density at radius 3 is 2.67 bits per heavy atom. The molecule has 0 spiro atoms. The Morgan fingerprint density at radius 1 is 1.00 bits per heavy atom. The molecule has 7 nitrogen and oxygen atoms in total. The SMILES string of the molecule is Cc1cc(NC(=O)/C=C\c2ccc3c(c2)OCCO3)n(-c2cc(C)c3cccc(C)c3n2)n1. The molecule has 1 N–H and O–H groups in total. The summed E-state index contributed by atoms with van der Waals surface area (Å²) in [4.78, 5) is 17.5.